The van der Waals surface area contributed by atoms with Crippen molar-refractivity contribution in [1.29, 1.82) is 0 Å². The zero-order chi connectivity index (χ0) is 21.9. The summed E-state index contributed by atoms with van der Waals surface area (Å²) in [6.07, 6.45) is 0. The average molecular weight is 406 g/mol. The molecular weight excluding hydrogens is 374 g/mol. The molecule has 3 rings (SSSR count). The van der Waals surface area contributed by atoms with Gasteiger partial charge in [0.15, 0.2) is 5.78 Å². The molecule has 0 aliphatic carbocycles. The van der Waals surface area contributed by atoms with Gasteiger partial charge in [0.2, 0.25) is 0 Å². The first-order chi connectivity index (χ1) is 14.2. The summed E-state index contributed by atoms with van der Waals surface area (Å²) in [4.78, 5) is 25.7. The number of nitrogens with one attached hydrogen (secondary N) is 2. The number of hydrogen-bond donors (Lipinski definition) is 2. The van der Waals surface area contributed by atoms with Crippen LogP contribution in [0.4, 0.5) is 0 Å². The van der Waals surface area contributed by atoms with Gasteiger partial charge in [0.05, 0.1) is 12.1 Å². The first kappa shape index (κ1) is 21.8. The van der Waals surface area contributed by atoms with Crippen LogP contribution >= 0.6 is 0 Å². The topological polar surface area (TPSA) is 61.4 Å². The third kappa shape index (κ3) is 4.97. The molecule has 5 heteroatoms. The molecule has 1 heterocycles. The highest BCUT2D eigenvalue weighted by Crippen LogP contribution is 2.31. The van der Waals surface area contributed by atoms with E-state index in [4.69, 9.17) is 0 Å². The molecule has 2 aromatic carbocycles. The number of nitrogens with zero attached hydrogens (tertiary/aromatic N) is 1. The number of benzene rings is 2. The number of amides is 1. The van der Waals surface area contributed by atoms with Gasteiger partial charge in [0.1, 0.15) is 6.04 Å². The molecule has 5 nitrogen and oxygen atoms in total. The monoisotopic (exact) mass is 405 g/mol. The van der Waals surface area contributed by atoms with Gasteiger partial charge in [-0.1, -0.05) is 75.4 Å². The predicted octanol–water partition coefficient (Wildman–Crippen LogP) is 4.23. The van der Waals surface area contributed by atoms with Gasteiger partial charge in [-0.25, -0.2) is 5.43 Å². The molecule has 0 spiro atoms. The summed E-state index contributed by atoms with van der Waals surface area (Å²) in [5, 5.41) is 5.00. The second kappa shape index (κ2) is 8.84. The fourth-order valence-corrected chi connectivity index (χ4v) is 3.58. The molecule has 2 N–H and O–H groups in total. The highest BCUT2D eigenvalue weighted by Gasteiger charge is 2.29. The van der Waals surface area contributed by atoms with Crippen LogP contribution in [0.2, 0.25) is 0 Å². The Labute approximate surface area is 179 Å². The lowest BCUT2D eigenvalue weighted by atomic mass is 9.92. The lowest BCUT2D eigenvalue weighted by molar-refractivity contribution is -0.124. The third-order valence-electron chi connectivity index (χ3n) is 5.22. The van der Waals surface area contributed by atoms with Crippen molar-refractivity contribution < 1.29 is 9.59 Å². The summed E-state index contributed by atoms with van der Waals surface area (Å²) >= 11 is 0. The molecule has 158 valence electrons. The molecule has 1 aliphatic rings. The minimum Gasteiger partial charge on any atom is -0.338 e. The molecule has 0 saturated heterocycles. The van der Waals surface area contributed by atoms with E-state index in [9.17, 15) is 9.59 Å². The molecule has 0 saturated carbocycles. The van der Waals surface area contributed by atoms with E-state index >= 15 is 0 Å². The number of carbonyl (C=O) groups excluding carboxylic acids is 2. The van der Waals surface area contributed by atoms with E-state index in [2.05, 4.69) is 31.5 Å². The third-order valence-corrected chi connectivity index (χ3v) is 5.22. The van der Waals surface area contributed by atoms with E-state index in [0.29, 0.717) is 12.1 Å². The Morgan fingerprint density at radius 3 is 2.30 bits per heavy atom. The molecule has 2 aromatic rings. The highest BCUT2D eigenvalue weighted by atomic mass is 16.2. The smallest absolute Gasteiger partial charge is 0.254 e. The van der Waals surface area contributed by atoms with Crippen molar-refractivity contribution in [2.45, 2.75) is 47.2 Å². The normalized spacial score (nSPS) is 14.9. The molecular formula is C25H31N3O2. The summed E-state index contributed by atoms with van der Waals surface area (Å²) in [6.45, 7) is 11.4. The van der Waals surface area contributed by atoms with Crippen molar-refractivity contribution in [3.05, 3.63) is 77.0 Å². The largest absolute Gasteiger partial charge is 0.338 e. The predicted molar refractivity (Wildman–Crippen MR) is 120 cm³/mol. The lowest BCUT2D eigenvalue weighted by Crippen LogP contribution is -2.44. The number of fused-ring (bicyclic) bond motifs is 1. The van der Waals surface area contributed by atoms with Crippen molar-refractivity contribution in [1.82, 2.24) is 15.8 Å². The molecule has 0 bridgehead atoms. The summed E-state index contributed by atoms with van der Waals surface area (Å²) in [5.74, 6) is -0.342. The molecule has 1 amide bonds. The molecule has 0 fully saturated rings. The number of hydrazine groups is 1. The fraction of sp³-hybridized carbons (Fsp3) is 0.360. The number of rotatable bonds is 6. The minimum atomic E-state index is -0.677. The number of allylic oxidation sites excluding steroid dienone is 1. The Kier molecular flexibility index (Phi) is 6.42. The minimum absolute atomic E-state index is 0.0976. The van der Waals surface area contributed by atoms with Gasteiger partial charge in [-0.3, -0.25) is 9.59 Å². The van der Waals surface area contributed by atoms with Crippen LogP contribution in [0.3, 0.4) is 0 Å². The van der Waals surface area contributed by atoms with Gasteiger partial charge in [-0.15, -0.1) is 0 Å². The standard InChI is InChI=1S/C25H31N3O2/c1-17-22(24(30)27-23(18(2)29)19-11-7-6-8-12-19)21-14-10-9-13-20(21)15-28(17)26-16-25(3,4)5/h6-14,23,26H,15-16H2,1-5H3,(H,27,30)/t23-/m1/s1. The number of hydrogen-bond acceptors (Lipinski definition) is 4. The van der Waals surface area contributed by atoms with E-state index in [-0.39, 0.29) is 17.1 Å². The number of Topliss-reactive ketones (excluding diaryl/α,β-unsaturated/α-hetero) is 1. The van der Waals surface area contributed by atoms with Crippen LogP contribution in [0.1, 0.15) is 57.4 Å². The molecule has 0 aromatic heterocycles. The van der Waals surface area contributed by atoms with Gasteiger partial charge >= 0.3 is 0 Å². The van der Waals surface area contributed by atoms with Gasteiger partial charge in [-0.05, 0) is 36.0 Å². The molecule has 1 aliphatic heterocycles. The van der Waals surface area contributed by atoms with E-state index in [1.165, 1.54) is 6.92 Å². The molecule has 1 atom stereocenters. The van der Waals surface area contributed by atoms with Crippen LogP contribution in [-0.2, 0) is 16.1 Å². The Morgan fingerprint density at radius 2 is 1.67 bits per heavy atom. The first-order valence-corrected chi connectivity index (χ1v) is 10.3. The lowest BCUT2D eigenvalue weighted by Gasteiger charge is -2.35. The summed E-state index contributed by atoms with van der Waals surface area (Å²) in [6, 6.07) is 16.6. The van der Waals surface area contributed by atoms with E-state index < -0.39 is 6.04 Å². The van der Waals surface area contributed by atoms with Gasteiger partial charge in [-0.2, -0.15) is 0 Å². The average Bonchev–Trinajstić information content (AvgIpc) is 2.70. The maximum absolute atomic E-state index is 13.4. The maximum Gasteiger partial charge on any atom is 0.254 e. The van der Waals surface area contributed by atoms with Crippen molar-refractivity contribution in [2.75, 3.05) is 6.54 Å². The highest BCUT2D eigenvalue weighted by molar-refractivity contribution is 6.21. The zero-order valence-corrected chi connectivity index (χ0v) is 18.5. The van der Waals surface area contributed by atoms with Crippen molar-refractivity contribution in [3.8, 4) is 0 Å². The zero-order valence-electron chi connectivity index (χ0n) is 18.5. The van der Waals surface area contributed by atoms with Gasteiger partial charge in [0, 0.05) is 12.2 Å². The van der Waals surface area contributed by atoms with Crippen LogP contribution in [0.15, 0.2) is 60.3 Å². The first-order valence-electron chi connectivity index (χ1n) is 10.3. The fourth-order valence-electron chi connectivity index (χ4n) is 3.58. The van der Waals surface area contributed by atoms with Crippen molar-refractivity contribution >= 4 is 17.3 Å². The Hall–Kier alpha value is -2.92. The Morgan fingerprint density at radius 1 is 1.03 bits per heavy atom. The second-order valence-electron chi connectivity index (χ2n) is 9.03. The number of carbonyl (C=O) groups is 2. The molecule has 0 radical (unpaired) electrons. The van der Waals surface area contributed by atoms with Crippen molar-refractivity contribution in [2.24, 2.45) is 5.41 Å². The van der Waals surface area contributed by atoms with Gasteiger partial charge < -0.3 is 10.3 Å². The molecule has 0 unspecified atom stereocenters. The van der Waals surface area contributed by atoms with E-state index in [0.717, 1.165) is 28.9 Å². The van der Waals surface area contributed by atoms with E-state index in [1.807, 2.05) is 66.5 Å². The van der Waals surface area contributed by atoms with E-state index in [1.54, 1.807) is 0 Å². The quantitative estimate of drug-likeness (QED) is 0.755. The maximum atomic E-state index is 13.4. The number of ketones is 1. The van der Waals surface area contributed by atoms with Crippen molar-refractivity contribution in [3.63, 3.8) is 0 Å². The van der Waals surface area contributed by atoms with Gasteiger partial charge in [0.25, 0.3) is 5.91 Å². The van der Waals surface area contributed by atoms with Crippen LogP contribution in [-0.4, -0.2) is 23.2 Å². The molecule has 30 heavy (non-hydrogen) atoms. The van der Waals surface area contributed by atoms with Crippen LogP contribution in [0.5, 0.6) is 0 Å². The van der Waals surface area contributed by atoms with Crippen LogP contribution in [0, 0.1) is 5.41 Å². The summed E-state index contributed by atoms with van der Waals surface area (Å²) in [7, 11) is 0. The Balaban J connectivity index is 1.95. The summed E-state index contributed by atoms with van der Waals surface area (Å²) in [5.41, 5.74) is 7.80. The van der Waals surface area contributed by atoms with Crippen LogP contribution < -0.4 is 10.7 Å². The summed E-state index contributed by atoms with van der Waals surface area (Å²) < 4.78 is 0. The second-order valence-corrected chi connectivity index (χ2v) is 9.03. The Bertz CT molecular complexity index is 958. The van der Waals surface area contributed by atoms with Crippen LogP contribution in [0.25, 0.3) is 5.57 Å². The SMILES string of the molecule is CC(=O)[C@@H](NC(=O)C1=C(C)N(NCC(C)(C)C)Cc2ccccc21)c1ccccc1.